The molecule has 0 aromatic heterocycles. The van der Waals surface area contributed by atoms with Crippen LogP contribution < -0.4 is 5.32 Å². The summed E-state index contributed by atoms with van der Waals surface area (Å²) in [6.07, 6.45) is 1.53. The summed E-state index contributed by atoms with van der Waals surface area (Å²) in [6, 6.07) is 6.97. The third kappa shape index (κ3) is 3.82. The van der Waals surface area contributed by atoms with Gasteiger partial charge in [0.05, 0.1) is 5.56 Å². The predicted molar refractivity (Wildman–Crippen MR) is 70.6 cm³/mol. The lowest BCUT2D eigenvalue weighted by atomic mass is 9.94. The van der Waals surface area contributed by atoms with E-state index in [1.165, 1.54) is 0 Å². The number of carbonyl (C=O) groups is 1. The number of hydrogen-bond donors (Lipinski definition) is 3. The van der Waals surface area contributed by atoms with Crippen LogP contribution in [0.1, 0.15) is 42.6 Å². The largest absolute Gasteiger partial charge is 0.478 e. The molecule has 0 heterocycles. The van der Waals surface area contributed by atoms with E-state index in [0.717, 1.165) is 12.0 Å². The van der Waals surface area contributed by atoms with Gasteiger partial charge in [-0.25, -0.2) is 4.79 Å². The molecule has 0 fully saturated rings. The van der Waals surface area contributed by atoms with E-state index in [4.69, 9.17) is 10.2 Å². The molecule has 1 atom stereocenters. The van der Waals surface area contributed by atoms with Crippen molar-refractivity contribution in [2.45, 2.75) is 38.8 Å². The molecule has 0 saturated heterocycles. The molecular weight excluding hydrogens is 230 g/mol. The van der Waals surface area contributed by atoms with E-state index < -0.39 is 5.97 Å². The van der Waals surface area contributed by atoms with Crippen molar-refractivity contribution in [2.24, 2.45) is 0 Å². The number of nitrogens with one attached hydrogen (secondary N) is 1. The Kier molecular flexibility index (Phi) is 5.31. The molecule has 3 N–H and O–H groups in total. The summed E-state index contributed by atoms with van der Waals surface area (Å²) in [4.78, 5) is 11.1. The number of aliphatic hydroxyl groups is 1. The van der Waals surface area contributed by atoms with Crippen molar-refractivity contribution < 1.29 is 15.0 Å². The molecule has 0 aliphatic rings. The molecule has 100 valence electrons. The minimum Gasteiger partial charge on any atom is -0.478 e. The van der Waals surface area contributed by atoms with Crippen LogP contribution in [-0.2, 0) is 6.54 Å². The van der Waals surface area contributed by atoms with Gasteiger partial charge in [0, 0.05) is 18.7 Å². The summed E-state index contributed by atoms with van der Waals surface area (Å²) in [5.74, 6) is -0.909. The topological polar surface area (TPSA) is 69.6 Å². The van der Waals surface area contributed by atoms with Crippen LogP contribution in [0.4, 0.5) is 0 Å². The summed E-state index contributed by atoms with van der Waals surface area (Å²) >= 11 is 0. The van der Waals surface area contributed by atoms with E-state index in [1.54, 1.807) is 12.1 Å². The van der Waals surface area contributed by atoms with Gasteiger partial charge in [0.15, 0.2) is 0 Å². The van der Waals surface area contributed by atoms with Gasteiger partial charge in [-0.15, -0.1) is 0 Å². The van der Waals surface area contributed by atoms with Crippen molar-refractivity contribution in [1.29, 1.82) is 0 Å². The van der Waals surface area contributed by atoms with Gasteiger partial charge in [-0.2, -0.15) is 0 Å². The predicted octanol–water partition coefficient (Wildman–Crippen LogP) is 2.03. The average Bonchev–Trinajstić information content (AvgIpc) is 2.37. The SMILES string of the molecule is CCC(C)(CCO)NCc1ccccc1C(=O)O. The molecule has 1 rings (SSSR count). The Labute approximate surface area is 108 Å². The maximum Gasteiger partial charge on any atom is 0.336 e. The zero-order valence-electron chi connectivity index (χ0n) is 10.9. The van der Waals surface area contributed by atoms with Gasteiger partial charge >= 0.3 is 5.97 Å². The molecule has 0 radical (unpaired) electrons. The van der Waals surface area contributed by atoms with Gasteiger partial charge in [0.2, 0.25) is 0 Å². The zero-order valence-corrected chi connectivity index (χ0v) is 10.9. The number of rotatable bonds is 7. The Morgan fingerprint density at radius 1 is 1.39 bits per heavy atom. The van der Waals surface area contributed by atoms with Crippen LogP contribution in [0, 0.1) is 0 Å². The number of carboxylic acids is 1. The smallest absolute Gasteiger partial charge is 0.336 e. The van der Waals surface area contributed by atoms with Crippen molar-refractivity contribution in [2.75, 3.05) is 6.61 Å². The molecule has 0 saturated carbocycles. The zero-order chi connectivity index (χ0) is 13.6. The van der Waals surface area contributed by atoms with Crippen LogP contribution in [0.3, 0.4) is 0 Å². The molecule has 1 aromatic carbocycles. The maximum absolute atomic E-state index is 11.1. The lowest BCUT2D eigenvalue weighted by Gasteiger charge is -2.29. The molecule has 4 nitrogen and oxygen atoms in total. The van der Waals surface area contributed by atoms with E-state index in [2.05, 4.69) is 5.32 Å². The first-order chi connectivity index (χ1) is 8.52. The molecule has 0 aliphatic heterocycles. The van der Waals surface area contributed by atoms with Gasteiger partial charge in [-0.05, 0) is 31.4 Å². The summed E-state index contributed by atoms with van der Waals surface area (Å²) < 4.78 is 0. The second-order valence-corrected chi connectivity index (χ2v) is 4.70. The molecular formula is C14H21NO3. The van der Waals surface area contributed by atoms with E-state index in [0.29, 0.717) is 18.5 Å². The molecule has 0 amide bonds. The number of carboxylic acid groups (broad SMARTS) is 1. The van der Waals surface area contributed by atoms with Crippen LogP contribution in [0.25, 0.3) is 0 Å². The molecule has 1 unspecified atom stereocenters. The monoisotopic (exact) mass is 251 g/mol. The van der Waals surface area contributed by atoms with Gasteiger partial charge < -0.3 is 15.5 Å². The Morgan fingerprint density at radius 3 is 2.61 bits per heavy atom. The fourth-order valence-electron chi connectivity index (χ4n) is 1.83. The second kappa shape index (κ2) is 6.52. The van der Waals surface area contributed by atoms with Crippen LogP contribution in [-0.4, -0.2) is 28.3 Å². The fraction of sp³-hybridized carbons (Fsp3) is 0.500. The molecule has 0 aliphatic carbocycles. The Balaban J connectivity index is 2.76. The minimum atomic E-state index is -0.909. The standard InChI is InChI=1S/C14H21NO3/c1-3-14(2,8-9-16)15-10-11-6-4-5-7-12(11)13(17)18/h4-7,15-16H,3,8-10H2,1-2H3,(H,17,18). The van der Waals surface area contributed by atoms with Gasteiger partial charge in [0.1, 0.15) is 0 Å². The highest BCUT2D eigenvalue weighted by Crippen LogP contribution is 2.16. The number of aromatic carboxylic acids is 1. The first-order valence-corrected chi connectivity index (χ1v) is 6.19. The lowest BCUT2D eigenvalue weighted by molar-refractivity contribution is 0.0695. The molecule has 18 heavy (non-hydrogen) atoms. The Bertz CT molecular complexity index is 406. The Hall–Kier alpha value is -1.39. The fourth-order valence-corrected chi connectivity index (χ4v) is 1.83. The third-order valence-electron chi connectivity index (χ3n) is 3.40. The van der Waals surface area contributed by atoms with Crippen molar-refractivity contribution in [1.82, 2.24) is 5.32 Å². The molecule has 0 bridgehead atoms. The average molecular weight is 251 g/mol. The lowest BCUT2D eigenvalue weighted by Crippen LogP contribution is -2.42. The highest BCUT2D eigenvalue weighted by atomic mass is 16.4. The summed E-state index contributed by atoms with van der Waals surface area (Å²) in [7, 11) is 0. The van der Waals surface area contributed by atoms with Gasteiger partial charge in [-0.1, -0.05) is 25.1 Å². The molecule has 4 heteroatoms. The van der Waals surface area contributed by atoms with Gasteiger partial charge in [-0.3, -0.25) is 0 Å². The van der Waals surface area contributed by atoms with E-state index in [9.17, 15) is 4.79 Å². The van der Waals surface area contributed by atoms with Crippen molar-refractivity contribution in [3.63, 3.8) is 0 Å². The van der Waals surface area contributed by atoms with Gasteiger partial charge in [0.25, 0.3) is 0 Å². The second-order valence-electron chi connectivity index (χ2n) is 4.70. The first kappa shape index (κ1) is 14.7. The highest BCUT2D eigenvalue weighted by molar-refractivity contribution is 5.89. The summed E-state index contributed by atoms with van der Waals surface area (Å²) in [6.45, 7) is 4.70. The Morgan fingerprint density at radius 2 is 2.06 bits per heavy atom. The van der Waals surface area contributed by atoms with Crippen molar-refractivity contribution >= 4 is 5.97 Å². The molecule has 1 aromatic rings. The van der Waals surface area contributed by atoms with Crippen molar-refractivity contribution in [3.05, 3.63) is 35.4 Å². The van der Waals surface area contributed by atoms with E-state index >= 15 is 0 Å². The summed E-state index contributed by atoms with van der Waals surface area (Å²) in [5, 5.41) is 21.5. The van der Waals surface area contributed by atoms with Crippen LogP contribution in [0.5, 0.6) is 0 Å². The van der Waals surface area contributed by atoms with Crippen LogP contribution in [0.15, 0.2) is 24.3 Å². The quantitative estimate of drug-likeness (QED) is 0.693. The number of hydrogen-bond acceptors (Lipinski definition) is 3. The van der Waals surface area contributed by atoms with E-state index in [-0.39, 0.29) is 12.1 Å². The van der Waals surface area contributed by atoms with Crippen LogP contribution in [0.2, 0.25) is 0 Å². The third-order valence-corrected chi connectivity index (χ3v) is 3.40. The number of benzene rings is 1. The minimum absolute atomic E-state index is 0.123. The van der Waals surface area contributed by atoms with Crippen LogP contribution >= 0.6 is 0 Å². The molecule has 0 spiro atoms. The maximum atomic E-state index is 11.1. The van der Waals surface area contributed by atoms with E-state index in [1.807, 2.05) is 26.0 Å². The summed E-state index contributed by atoms with van der Waals surface area (Å²) in [5.41, 5.74) is 0.926. The van der Waals surface area contributed by atoms with Crippen molar-refractivity contribution in [3.8, 4) is 0 Å². The first-order valence-electron chi connectivity index (χ1n) is 6.19. The number of aliphatic hydroxyl groups excluding tert-OH is 1. The highest BCUT2D eigenvalue weighted by Gasteiger charge is 2.21. The normalized spacial score (nSPS) is 14.2.